The first-order valence-corrected chi connectivity index (χ1v) is 12.5. The molecule has 1 aliphatic carbocycles. The van der Waals surface area contributed by atoms with Gasteiger partial charge in [0.25, 0.3) is 5.56 Å². The second-order valence-corrected chi connectivity index (χ2v) is 9.09. The summed E-state index contributed by atoms with van der Waals surface area (Å²) in [6.45, 7) is 11.1. The summed E-state index contributed by atoms with van der Waals surface area (Å²) in [4.78, 5) is 33.8. The molecule has 2 heterocycles. The first-order chi connectivity index (χ1) is 16.0. The van der Waals surface area contributed by atoms with Crippen molar-refractivity contribution in [1.29, 1.82) is 0 Å². The number of anilines is 1. The Morgan fingerprint density at radius 2 is 1.88 bits per heavy atom. The molecule has 0 saturated heterocycles. The molecule has 0 unspecified atom stereocenters. The first kappa shape index (κ1) is 23.3. The molecular formula is C27H36N4O2. The third kappa shape index (κ3) is 4.35. The maximum Gasteiger partial charge on any atom is 0.278 e. The maximum absolute atomic E-state index is 13.7. The average Bonchev–Trinajstić information content (AvgIpc) is 3.12. The minimum absolute atomic E-state index is 0.00557. The molecule has 6 heteroatoms. The van der Waals surface area contributed by atoms with Crippen LogP contribution in [0.5, 0.6) is 0 Å². The predicted octanol–water partition coefficient (Wildman–Crippen LogP) is 4.85. The average molecular weight is 449 g/mol. The molecule has 0 spiro atoms. The lowest BCUT2D eigenvalue weighted by atomic mass is 9.85. The Kier molecular flexibility index (Phi) is 7.01. The zero-order valence-corrected chi connectivity index (χ0v) is 20.4. The van der Waals surface area contributed by atoms with Crippen molar-refractivity contribution in [3.63, 3.8) is 0 Å². The predicted molar refractivity (Wildman–Crippen MR) is 134 cm³/mol. The summed E-state index contributed by atoms with van der Waals surface area (Å²) in [7, 11) is 0. The number of benzene rings is 1. The molecule has 1 fully saturated rings. The van der Waals surface area contributed by atoms with Gasteiger partial charge in [-0.1, -0.05) is 38.5 Å². The van der Waals surface area contributed by atoms with Crippen molar-refractivity contribution >= 4 is 22.6 Å². The van der Waals surface area contributed by atoms with Crippen LogP contribution in [0.4, 0.5) is 5.82 Å². The lowest BCUT2D eigenvalue weighted by Gasteiger charge is -2.30. The Hall–Kier alpha value is -2.89. The van der Waals surface area contributed by atoms with E-state index in [-0.39, 0.29) is 17.9 Å². The van der Waals surface area contributed by atoms with E-state index in [0.717, 1.165) is 54.9 Å². The zero-order valence-electron chi connectivity index (χ0n) is 20.4. The molecule has 0 aliphatic heterocycles. The van der Waals surface area contributed by atoms with E-state index in [0.29, 0.717) is 17.0 Å². The van der Waals surface area contributed by atoms with Crippen LogP contribution in [-0.2, 0) is 25.9 Å². The van der Waals surface area contributed by atoms with Gasteiger partial charge in [-0.25, -0.2) is 4.98 Å². The van der Waals surface area contributed by atoms with Gasteiger partial charge in [0, 0.05) is 30.8 Å². The molecule has 0 bridgehead atoms. The standard InChI is InChI=1S/C27H36N4O2/c1-5-19-11-10-14-21(15-19)23(32)17-30-18-28-24-22(6-2)26(29(7-3)8-4)31(25(24)27(30)33)16-20-12-9-13-20/h10-11,14-15,18,20H,5-9,12-13,16-17H2,1-4H3. The van der Waals surface area contributed by atoms with Crippen molar-refractivity contribution in [2.24, 2.45) is 5.92 Å². The zero-order chi connectivity index (χ0) is 23.5. The Labute approximate surface area is 196 Å². The van der Waals surface area contributed by atoms with Crippen LogP contribution in [0.15, 0.2) is 35.4 Å². The minimum Gasteiger partial charge on any atom is -0.358 e. The van der Waals surface area contributed by atoms with Crippen molar-refractivity contribution in [1.82, 2.24) is 14.1 Å². The normalized spacial score (nSPS) is 13.9. The molecule has 0 N–H and O–H groups in total. The van der Waals surface area contributed by atoms with E-state index >= 15 is 0 Å². The van der Waals surface area contributed by atoms with E-state index in [9.17, 15) is 9.59 Å². The molecule has 1 aliphatic rings. The number of rotatable bonds is 10. The summed E-state index contributed by atoms with van der Waals surface area (Å²) in [6, 6.07) is 7.67. The topological polar surface area (TPSA) is 60.1 Å². The van der Waals surface area contributed by atoms with E-state index in [1.165, 1.54) is 23.8 Å². The number of carbonyl (C=O) groups is 1. The van der Waals surface area contributed by atoms with E-state index in [1.807, 2.05) is 24.3 Å². The van der Waals surface area contributed by atoms with Crippen molar-refractivity contribution in [2.75, 3.05) is 18.0 Å². The van der Waals surface area contributed by atoms with Gasteiger partial charge < -0.3 is 9.47 Å². The summed E-state index contributed by atoms with van der Waals surface area (Å²) < 4.78 is 3.71. The van der Waals surface area contributed by atoms with Crippen LogP contribution >= 0.6 is 0 Å². The molecule has 4 rings (SSSR count). The number of ketones is 1. The monoisotopic (exact) mass is 448 g/mol. The number of aryl methyl sites for hydroxylation is 2. The molecule has 3 aromatic rings. The Morgan fingerprint density at radius 3 is 2.48 bits per heavy atom. The van der Waals surface area contributed by atoms with E-state index in [2.05, 4.69) is 37.2 Å². The highest BCUT2D eigenvalue weighted by atomic mass is 16.1. The fraction of sp³-hybridized carbons (Fsp3) is 0.519. The number of nitrogens with zero attached hydrogens (tertiary/aromatic N) is 4. The Balaban J connectivity index is 1.81. The largest absolute Gasteiger partial charge is 0.358 e. The van der Waals surface area contributed by atoms with Gasteiger partial charge in [-0.15, -0.1) is 0 Å². The first-order valence-electron chi connectivity index (χ1n) is 12.5. The van der Waals surface area contributed by atoms with Crippen molar-refractivity contribution in [3.05, 3.63) is 57.6 Å². The van der Waals surface area contributed by atoms with Crippen molar-refractivity contribution in [2.45, 2.75) is 72.9 Å². The Morgan fingerprint density at radius 1 is 1.12 bits per heavy atom. The number of hydrogen-bond donors (Lipinski definition) is 0. The number of fused-ring (bicyclic) bond motifs is 1. The molecule has 0 amide bonds. The summed E-state index contributed by atoms with van der Waals surface area (Å²) in [5.74, 6) is 1.67. The van der Waals surface area contributed by atoms with E-state index in [4.69, 9.17) is 4.98 Å². The fourth-order valence-corrected chi connectivity index (χ4v) is 4.96. The van der Waals surface area contributed by atoms with Crippen LogP contribution in [0.2, 0.25) is 0 Å². The van der Waals surface area contributed by atoms with Gasteiger partial charge in [0.1, 0.15) is 16.9 Å². The van der Waals surface area contributed by atoms with Crippen LogP contribution in [0.25, 0.3) is 11.0 Å². The van der Waals surface area contributed by atoms with Gasteiger partial charge in [0.2, 0.25) is 0 Å². The van der Waals surface area contributed by atoms with Crippen LogP contribution in [-0.4, -0.2) is 33.0 Å². The maximum atomic E-state index is 13.7. The molecule has 1 aromatic carbocycles. The molecule has 6 nitrogen and oxygen atoms in total. The number of Topliss-reactive ketones (excluding diaryl/α,β-unsaturated/α-hetero) is 1. The molecule has 2 aromatic heterocycles. The molecule has 0 atom stereocenters. The quantitative estimate of drug-likeness (QED) is 0.416. The summed E-state index contributed by atoms with van der Waals surface area (Å²) in [5, 5.41) is 0. The lowest BCUT2D eigenvalue weighted by Crippen LogP contribution is -2.30. The van der Waals surface area contributed by atoms with Gasteiger partial charge in [-0.3, -0.25) is 14.2 Å². The second kappa shape index (κ2) is 9.94. The fourth-order valence-electron chi connectivity index (χ4n) is 4.96. The Bertz CT molecular complexity index is 1200. The SMILES string of the molecule is CCc1cccc(C(=O)Cn2cnc3c(CC)c(N(CC)CC)n(CC4CCC4)c3c2=O)c1. The van der Waals surface area contributed by atoms with E-state index < -0.39 is 0 Å². The summed E-state index contributed by atoms with van der Waals surface area (Å²) in [5.41, 5.74) is 4.22. The third-order valence-corrected chi connectivity index (χ3v) is 7.15. The highest BCUT2D eigenvalue weighted by Gasteiger charge is 2.27. The van der Waals surface area contributed by atoms with Crippen molar-refractivity contribution < 1.29 is 4.79 Å². The van der Waals surface area contributed by atoms with Crippen molar-refractivity contribution in [3.8, 4) is 0 Å². The van der Waals surface area contributed by atoms with Gasteiger partial charge in [0.05, 0.1) is 12.9 Å². The number of aromatic nitrogens is 3. The highest BCUT2D eigenvalue weighted by molar-refractivity contribution is 5.96. The van der Waals surface area contributed by atoms with Gasteiger partial charge in [-0.05, 0) is 57.1 Å². The second-order valence-electron chi connectivity index (χ2n) is 9.09. The van der Waals surface area contributed by atoms with Gasteiger partial charge >= 0.3 is 0 Å². The van der Waals surface area contributed by atoms with Gasteiger partial charge in [0.15, 0.2) is 5.78 Å². The minimum atomic E-state index is -0.118. The van der Waals surface area contributed by atoms with Crippen LogP contribution in [0.3, 0.4) is 0 Å². The molecule has 1 saturated carbocycles. The number of carbonyl (C=O) groups excluding carboxylic acids is 1. The third-order valence-electron chi connectivity index (χ3n) is 7.15. The molecular weight excluding hydrogens is 412 g/mol. The molecule has 176 valence electrons. The van der Waals surface area contributed by atoms with E-state index in [1.54, 1.807) is 6.33 Å². The van der Waals surface area contributed by atoms with Crippen LogP contribution in [0.1, 0.15) is 68.4 Å². The highest BCUT2D eigenvalue weighted by Crippen LogP contribution is 2.35. The lowest BCUT2D eigenvalue weighted by molar-refractivity contribution is 0.0970. The number of hydrogen-bond acceptors (Lipinski definition) is 4. The molecule has 0 radical (unpaired) electrons. The summed E-state index contributed by atoms with van der Waals surface area (Å²) >= 11 is 0. The van der Waals surface area contributed by atoms with Crippen LogP contribution < -0.4 is 10.5 Å². The smallest absolute Gasteiger partial charge is 0.278 e. The van der Waals surface area contributed by atoms with Gasteiger partial charge in [-0.2, -0.15) is 0 Å². The van der Waals surface area contributed by atoms with Crippen LogP contribution in [0, 0.1) is 5.92 Å². The summed E-state index contributed by atoms with van der Waals surface area (Å²) in [6.07, 6.45) is 6.93. The molecule has 33 heavy (non-hydrogen) atoms.